The summed E-state index contributed by atoms with van der Waals surface area (Å²) in [7, 11) is -3.82. The molecule has 0 aliphatic carbocycles. The van der Waals surface area contributed by atoms with Gasteiger partial charge in [0.1, 0.15) is 0 Å². The molecule has 0 fully saturated rings. The first-order valence-electron chi connectivity index (χ1n) is 4.13. The molecule has 0 aromatic carbocycles. The number of hydrogen-bond donors (Lipinski definition) is 2. The van der Waals surface area contributed by atoms with Gasteiger partial charge in [0.2, 0.25) is 0 Å². The van der Waals surface area contributed by atoms with Gasteiger partial charge in [0.25, 0.3) is 10.1 Å². The highest BCUT2D eigenvalue weighted by Gasteiger charge is 2.01. The second-order valence-corrected chi connectivity index (χ2v) is 4.28. The van der Waals surface area contributed by atoms with Crippen molar-refractivity contribution in [2.24, 2.45) is 5.73 Å². The molecule has 0 aliphatic heterocycles. The predicted molar refractivity (Wildman–Crippen MR) is 55.2 cm³/mol. The van der Waals surface area contributed by atoms with E-state index in [1.807, 2.05) is 0 Å². The maximum Gasteiger partial charge on any atom is 0.268 e. The molecule has 0 rings (SSSR count). The van der Waals surface area contributed by atoms with E-state index in [2.05, 4.69) is 13.5 Å². The molecular weight excluding hydrogens is 190 g/mol. The van der Waals surface area contributed by atoms with Crippen molar-refractivity contribution >= 4 is 10.1 Å². The van der Waals surface area contributed by atoms with Crippen LogP contribution in [0.5, 0.6) is 0 Å². The van der Waals surface area contributed by atoms with Gasteiger partial charge in [0, 0.05) is 0 Å². The van der Waals surface area contributed by atoms with Crippen LogP contribution in [0.15, 0.2) is 12.2 Å². The van der Waals surface area contributed by atoms with Crippen molar-refractivity contribution in [3.05, 3.63) is 12.2 Å². The fraction of sp³-hybridized carbons (Fsp3) is 0.750. The summed E-state index contributed by atoms with van der Waals surface area (Å²) in [5.41, 5.74) is 5.58. The van der Waals surface area contributed by atoms with Crippen molar-refractivity contribution in [1.82, 2.24) is 0 Å². The van der Waals surface area contributed by atoms with Gasteiger partial charge < -0.3 is 5.73 Å². The van der Waals surface area contributed by atoms with Crippen LogP contribution >= 0.6 is 0 Å². The van der Waals surface area contributed by atoms with Crippen LogP contribution in [0.25, 0.3) is 0 Å². The lowest BCUT2D eigenvalue weighted by Crippen LogP contribution is -2.03. The molecule has 0 aliphatic rings. The minimum Gasteiger partial charge on any atom is -0.330 e. The molecule has 0 amide bonds. The van der Waals surface area contributed by atoms with E-state index < -0.39 is 10.1 Å². The number of nitrogens with two attached hydrogens (primary N) is 1. The van der Waals surface area contributed by atoms with E-state index in [1.165, 1.54) is 19.8 Å². The van der Waals surface area contributed by atoms with Gasteiger partial charge in [0.05, 0.1) is 5.75 Å². The molecule has 0 aromatic rings. The second-order valence-electron chi connectivity index (χ2n) is 2.83. The third kappa shape index (κ3) is 24.5. The van der Waals surface area contributed by atoms with E-state index in [4.69, 9.17) is 10.3 Å². The molecule has 80 valence electrons. The van der Waals surface area contributed by atoms with Gasteiger partial charge in [-0.3, -0.25) is 4.55 Å². The third-order valence-electron chi connectivity index (χ3n) is 0.986. The monoisotopic (exact) mass is 209 g/mol. The maximum absolute atomic E-state index is 9.94. The van der Waals surface area contributed by atoms with Crippen molar-refractivity contribution in [2.75, 3.05) is 12.3 Å². The Morgan fingerprint density at radius 1 is 1.54 bits per heavy atom. The van der Waals surface area contributed by atoms with Crippen LogP contribution < -0.4 is 5.73 Å². The molecule has 0 radical (unpaired) electrons. The van der Waals surface area contributed by atoms with Gasteiger partial charge in [-0.25, -0.2) is 0 Å². The molecule has 13 heavy (non-hydrogen) atoms. The minimum absolute atomic E-state index is 0.340. The fourth-order valence-corrected chi connectivity index (χ4v) is 1.14. The van der Waals surface area contributed by atoms with E-state index in [0.29, 0.717) is 5.57 Å². The van der Waals surface area contributed by atoms with E-state index >= 15 is 0 Å². The molecular formula is C8H19NO3S. The SMILES string of the molecule is C=C(C)CS(=O)(=O)O.CCCCN. The lowest BCUT2D eigenvalue weighted by atomic mass is 10.3. The minimum atomic E-state index is -3.82. The Hall–Kier alpha value is -0.390. The van der Waals surface area contributed by atoms with Crippen molar-refractivity contribution in [3.8, 4) is 0 Å². The quantitative estimate of drug-likeness (QED) is 0.538. The molecule has 0 atom stereocenters. The maximum atomic E-state index is 9.94. The zero-order valence-electron chi connectivity index (χ0n) is 8.28. The Bertz CT molecular complexity index is 220. The Morgan fingerprint density at radius 2 is 2.00 bits per heavy atom. The molecule has 3 N–H and O–H groups in total. The Kier molecular flexibility index (Phi) is 9.55. The van der Waals surface area contributed by atoms with E-state index in [9.17, 15) is 8.42 Å². The van der Waals surface area contributed by atoms with Crippen LogP contribution in [0.1, 0.15) is 26.7 Å². The van der Waals surface area contributed by atoms with Gasteiger partial charge in [-0.15, -0.1) is 0 Å². The second kappa shape index (κ2) is 8.22. The summed E-state index contributed by atoms with van der Waals surface area (Å²) in [4.78, 5) is 0. The van der Waals surface area contributed by atoms with Crippen LogP contribution in [-0.4, -0.2) is 25.3 Å². The first-order chi connectivity index (χ1) is 5.83. The summed E-state index contributed by atoms with van der Waals surface area (Å²) >= 11 is 0. The Morgan fingerprint density at radius 3 is 2.00 bits per heavy atom. The zero-order valence-corrected chi connectivity index (χ0v) is 9.10. The van der Waals surface area contributed by atoms with Crippen LogP contribution in [0, 0.1) is 0 Å². The molecule has 0 saturated carbocycles. The first-order valence-corrected chi connectivity index (χ1v) is 5.74. The van der Waals surface area contributed by atoms with Gasteiger partial charge in [-0.05, 0) is 19.9 Å². The van der Waals surface area contributed by atoms with Crippen molar-refractivity contribution in [3.63, 3.8) is 0 Å². The van der Waals surface area contributed by atoms with Crippen LogP contribution in [0.4, 0.5) is 0 Å². The van der Waals surface area contributed by atoms with Gasteiger partial charge in [-0.1, -0.05) is 25.5 Å². The smallest absolute Gasteiger partial charge is 0.268 e. The van der Waals surface area contributed by atoms with Crippen LogP contribution in [0.3, 0.4) is 0 Å². The zero-order chi connectivity index (χ0) is 10.9. The molecule has 0 spiro atoms. The van der Waals surface area contributed by atoms with Crippen molar-refractivity contribution in [2.45, 2.75) is 26.7 Å². The average Bonchev–Trinajstić information content (AvgIpc) is 1.84. The molecule has 0 heterocycles. The lowest BCUT2D eigenvalue weighted by Gasteiger charge is -1.90. The molecule has 0 unspecified atom stereocenters. The standard InChI is InChI=1S/C4H11N.C4H8O3S/c1-2-3-4-5;1-4(2)3-8(5,6)7/h2-5H2,1H3;1,3H2,2H3,(H,5,6,7). The molecule has 0 aromatic heterocycles. The summed E-state index contributed by atoms with van der Waals surface area (Å²) in [6, 6.07) is 0. The summed E-state index contributed by atoms with van der Waals surface area (Å²) in [5.74, 6) is -0.340. The lowest BCUT2D eigenvalue weighted by molar-refractivity contribution is 0.486. The number of hydrogen-bond acceptors (Lipinski definition) is 3. The fourth-order valence-electron chi connectivity index (χ4n) is 0.516. The molecule has 0 saturated heterocycles. The predicted octanol–water partition coefficient (Wildman–Crippen LogP) is 1.20. The van der Waals surface area contributed by atoms with Crippen molar-refractivity contribution < 1.29 is 13.0 Å². The number of rotatable bonds is 4. The van der Waals surface area contributed by atoms with Crippen molar-refractivity contribution in [1.29, 1.82) is 0 Å². The summed E-state index contributed by atoms with van der Waals surface area (Å²) in [5, 5.41) is 0. The highest BCUT2D eigenvalue weighted by Crippen LogP contribution is 1.91. The van der Waals surface area contributed by atoms with Crippen LogP contribution in [-0.2, 0) is 10.1 Å². The normalized spacial score (nSPS) is 10.2. The summed E-state index contributed by atoms with van der Waals surface area (Å²) in [6.45, 7) is 7.81. The Balaban J connectivity index is 0. The highest BCUT2D eigenvalue weighted by molar-refractivity contribution is 7.85. The topological polar surface area (TPSA) is 80.4 Å². The summed E-state index contributed by atoms with van der Waals surface area (Å²) < 4.78 is 28.0. The van der Waals surface area contributed by atoms with Gasteiger partial charge in [-0.2, -0.15) is 8.42 Å². The first kappa shape index (κ1) is 15.1. The summed E-state index contributed by atoms with van der Waals surface area (Å²) in [6.07, 6.45) is 2.39. The molecule has 0 bridgehead atoms. The van der Waals surface area contributed by atoms with E-state index in [-0.39, 0.29) is 5.75 Å². The van der Waals surface area contributed by atoms with Crippen LogP contribution in [0.2, 0.25) is 0 Å². The average molecular weight is 209 g/mol. The highest BCUT2D eigenvalue weighted by atomic mass is 32.2. The van der Waals surface area contributed by atoms with E-state index in [1.54, 1.807) is 0 Å². The number of unbranched alkanes of at least 4 members (excludes halogenated alkanes) is 1. The van der Waals surface area contributed by atoms with E-state index in [0.717, 1.165) is 6.54 Å². The Labute approximate surface area is 80.6 Å². The van der Waals surface area contributed by atoms with Gasteiger partial charge in [0.15, 0.2) is 0 Å². The molecule has 5 heteroatoms. The van der Waals surface area contributed by atoms with Gasteiger partial charge >= 0.3 is 0 Å². The largest absolute Gasteiger partial charge is 0.330 e. The third-order valence-corrected chi connectivity index (χ3v) is 1.84. The molecule has 4 nitrogen and oxygen atoms in total.